The number of hydrogen-bond acceptors (Lipinski definition) is 2. The average molecular weight is 286 g/mol. The topological polar surface area (TPSA) is 15.3 Å². The van der Waals surface area contributed by atoms with E-state index in [1.54, 1.807) is 0 Å². The summed E-state index contributed by atoms with van der Waals surface area (Å²) in [6.07, 6.45) is 8.33. The van der Waals surface area contributed by atoms with Crippen LogP contribution in [0, 0.1) is 0 Å². The summed E-state index contributed by atoms with van der Waals surface area (Å²) >= 11 is 0. The van der Waals surface area contributed by atoms with Crippen molar-refractivity contribution in [1.82, 2.24) is 10.2 Å². The minimum atomic E-state index is 0.451. The summed E-state index contributed by atoms with van der Waals surface area (Å²) in [4.78, 5) is 2.71. The molecule has 116 valence electrons. The van der Waals surface area contributed by atoms with Gasteiger partial charge in [0.2, 0.25) is 0 Å². The second kappa shape index (κ2) is 6.93. The fourth-order valence-electron chi connectivity index (χ4n) is 4.12. The van der Waals surface area contributed by atoms with Crippen molar-refractivity contribution in [1.29, 1.82) is 0 Å². The first-order valence-electron chi connectivity index (χ1n) is 8.80. The van der Waals surface area contributed by atoms with Gasteiger partial charge in [0, 0.05) is 25.2 Å². The zero-order valence-electron chi connectivity index (χ0n) is 13.5. The Labute approximate surface area is 129 Å². The van der Waals surface area contributed by atoms with Crippen molar-refractivity contribution < 1.29 is 0 Å². The minimum absolute atomic E-state index is 0.451. The van der Waals surface area contributed by atoms with E-state index in [4.69, 9.17) is 0 Å². The van der Waals surface area contributed by atoms with Crippen molar-refractivity contribution in [2.24, 2.45) is 0 Å². The molecule has 2 fully saturated rings. The third kappa shape index (κ3) is 3.87. The van der Waals surface area contributed by atoms with E-state index in [0.717, 1.165) is 0 Å². The van der Waals surface area contributed by atoms with E-state index in [0.29, 0.717) is 11.5 Å². The van der Waals surface area contributed by atoms with Crippen LogP contribution in [0.4, 0.5) is 0 Å². The zero-order valence-corrected chi connectivity index (χ0v) is 13.5. The predicted octanol–water partition coefficient (Wildman–Crippen LogP) is 3.79. The summed E-state index contributed by atoms with van der Waals surface area (Å²) in [7, 11) is 0. The Morgan fingerprint density at radius 2 is 1.90 bits per heavy atom. The lowest BCUT2D eigenvalue weighted by Gasteiger charge is -2.46. The maximum atomic E-state index is 3.84. The van der Waals surface area contributed by atoms with Gasteiger partial charge in [-0.25, -0.2) is 0 Å². The Morgan fingerprint density at radius 1 is 1.14 bits per heavy atom. The fourth-order valence-corrected chi connectivity index (χ4v) is 4.12. The molecule has 1 heterocycles. The predicted molar refractivity (Wildman–Crippen MR) is 89.7 cm³/mol. The summed E-state index contributed by atoms with van der Waals surface area (Å²) in [5.74, 6) is 0.670. The van der Waals surface area contributed by atoms with Gasteiger partial charge < -0.3 is 10.2 Å². The molecule has 1 N–H and O–H groups in total. The molecular formula is C19H30N2. The molecule has 2 aliphatic rings. The van der Waals surface area contributed by atoms with Gasteiger partial charge in [-0.1, -0.05) is 56.5 Å². The van der Waals surface area contributed by atoms with Gasteiger partial charge in [0.1, 0.15) is 0 Å². The van der Waals surface area contributed by atoms with E-state index < -0.39 is 0 Å². The van der Waals surface area contributed by atoms with Gasteiger partial charge in [0.15, 0.2) is 0 Å². The lowest BCUT2D eigenvalue weighted by atomic mass is 9.80. The van der Waals surface area contributed by atoms with Crippen molar-refractivity contribution in [3.05, 3.63) is 35.9 Å². The summed E-state index contributed by atoms with van der Waals surface area (Å²) in [6, 6.07) is 11.0. The molecular weight excluding hydrogens is 256 g/mol. The van der Waals surface area contributed by atoms with Gasteiger partial charge in [-0.15, -0.1) is 0 Å². The van der Waals surface area contributed by atoms with E-state index in [1.165, 1.54) is 70.3 Å². The fraction of sp³-hybridized carbons (Fsp3) is 0.684. The quantitative estimate of drug-likeness (QED) is 0.906. The molecule has 1 saturated heterocycles. The molecule has 2 nitrogen and oxygen atoms in total. The highest BCUT2D eigenvalue weighted by Gasteiger charge is 2.35. The molecule has 0 radical (unpaired) electrons. The van der Waals surface area contributed by atoms with Crippen LogP contribution in [0.25, 0.3) is 0 Å². The number of hydrogen-bond donors (Lipinski definition) is 1. The first kappa shape index (κ1) is 15.1. The van der Waals surface area contributed by atoms with Crippen LogP contribution in [-0.4, -0.2) is 36.6 Å². The molecule has 1 aliphatic heterocycles. The molecule has 1 unspecified atom stereocenters. The highest BCUT2D eigenvalue weighted by molar-refractivity contribution is 5.18. The van der Waals surface area contributed by atoms with Gasteiger partial charge in [-0.05, 0) is 37.3 Å². The molecule has 2 heteroatoms. The van der Waals surface area contributed by atoms with E-state index >= 15 is 0 Å². The van der Waals surface area contributed by atoms with Crippen molar-refractivity contribution in [3.8, 4) is 0 Å². The van der Waals surface area contributed by atoms with Crippen molar-refractivity contribution in [2.45, 2.75) is 56.9 Å². The Morgan fingerprint density at radius 3 is 2.67 bits per heavy atom. The van der Waals surface area contributed by atoms with Crippen molar-refractivity contribution in [3.63, 3.8) is 0 Å². The molecule has 1 atom stereocenters. The number of benzene rings is 1. The Balaban J connectivity index is 1.51. The second-order valence-electron chi connectivity index (χ2n) is 7.14. The maximum absolute atomic E-state index is 3.84. The SMILES string of the molecule is CC(CCN1CCNC2(CCCCC2)C1)c1ccccc1. The second-order valence-corrected chi connectivity index (χ2v) is 7.14. The molecule has 0 bridgehead atoms. The highest BCUT2D eigenvalue weighted by atomic mass is 15.2. The van der Waals surface area contributed by atoms with Gasteiger partial charge in [-0.2, -0.15) is 0 Å². The standard InChI is InChI=1S/C19H30N2/c1-17(18-8-4-2-5-9-18)10-14-21-15-13-20-19(16-21)11-6-3-7-12-19/h2,4-5,8-9,17,20H,3,6-7,10-16H2,1H3. The Bertz CT molecular complexity index is 417. The molecule has 1 spiro atoms. The van der Waals surface area contributed by atoms with Crippen LogP contribution in [0.1, 0.15) is 56.9 Å². The summed E-state index contributed by atoms with van der Waals surface area (Å²) in [5.41, 5.74) is 1.94. The summed E-state index contributed by atoms with van der Waals surface area (Å²) in [6.45, 7) is 7.30. The van der Waals surface area contributed by atoms with Crippen molar-refractivity contribution in [2.75, 3.05) is 26.2 Å². The number of nitrogens with one attached hydrogen (secondary N) is 1. The lowest BCUT2D eigenvalue weighted by Crippen LogP contribution is -2.61. The van der Waals surface area contributed by atoms with Crippen LogP contribution in [0.5, 0.6) is 0 Å². The smallest absolute Gasteiger partial charge is 0.0309 e. The molecule has 0 amide bonds. The van der Waals surface area contributed by atoms with Crippen LogP contribution in [-0.2, 0) is 0 Å². The number of rotatable bonds is 4. The molecule has 1 saturated carbocycles. The van der Waals surface area contributed by atoms with Gasteiger partial charge in [0.25, 0.3) is 0 Å². The third-order valence-corrected chi connectivity index (χ3v) is 5.51. The monoisotopic (exact) mass is 286 g/mol. The Kier molecular flexibility index (Phi) is 4.97. The van der Waals surface area contributed by atoms with Crippen LogP contribution >= 0.6 is 0 Å². The number of piperazine rings is 1. The molecule has 21 heavy (non-hydrogen) atoms. The van der Waals surface area contributed by atoms with Crippen LogP contribution < -0.4 is 5.32 Å². The van der Waals surface area contributed by atoms with E-state index in [1.807, 2.05) is 0 Å². The molecule has 0 aromatic heterocycles. The zero-order chi connectivity index (χ0) is 14.5. The van der Waals surface area contributed by atoms with Crippen LogP contribution in [0.2, 0.25) is 0 Å². The molecule has 1 aromatic rings. The van der Waals surface area contributed by atoms with E-state index in [-0.39, 0.29) is 0 Å². The van der Waals surface area contributed by atoms with Crippen LogP contribution in [0.15, 0.2) is 30.3 Å². The minimum Gasteiger partial charge on any atom is -0.309 e. The highest BCUT2D eigenvalue weighted by Crippen LogP contribution is 2.31. The first-order chi connectivity index (χ1) is 10.3. The molecule has 3 rings (SSSR count). The lowest BCUT2D eigenvalue weighted by molar-refractivity contribution is 0.0974. The normalized spacial score (nSPS) is 24.0. The average Bonchev–Trinajstić information content (AvgIpc) is 2.54. The first-order valence-corrected chi connectivity index (χ1v) is 8.80. The third-order valence-electron chi connectivity index (χ3n) is 5.51. The van der Waals surface area contributed by atoms with Crippen LogP contribution in [0.3, 0.4) is 0 Å². The number of nitrogens with zero attached hydrogens (tertiary/aromatic N) is 1. The molecule has 1 aliphatic carbocycles. The van der Waals surface area contributed by atoms with Crippen molar-refractivity contribution >= 4 is 0 Å². The van der Waals surface area contributed by atoms with Gasteiger partial charge in [-0.3, -0.25) is 0 Å². The van der Waals surface area contributed by atoms with Gasteiger partial charge in [0.05, 0.1) is 0 Å². The van der Waals surface area contributed by atoms with Gasteiger partial charge >= 0.3 is 0 Å². The summed E-state index contributed by atoms with van der Waals surface area (Å²) in [5, 5.41) is 3.84. The van der Waals surface area contributed by atoms with E-state index in [9.17, 15) is 0 Å². The maximum Gasteiger partial charge on any atom is 0.0309 e. The van der Waals surface area contributed by atoms with E-state index in [2.05, 4.69) is 47.5 Å². The largest absolute Gasteiger partial charge is 0.309 e. The Hall–Kier alpha value is -0.860. The molecule has 1 aromatic carbocycles. The summed E-state index contributed by atoms with van der Waals surface area (Å²) < 4.78 is 0.